The summed E-state index contributed by atoms with van der Waals surface area (Å²) in [6, 6.07) is 17.7. The minimum atomic E-state index is -0.153. The Bertz CT molecular complexity index is 1050. The molecule has 1 unspecified atom stereocenters. The summed E-state index contributed by atoms with van der Waals surface area (Å²) < 4.78 is 8.13. The van der Waals surface area contributed by atoms with E-state index in [1.54, 1.807) is 0 Å². The highest BCUT2D eigenvalue weighted by molar-refractivity contribution is 7.99. The molecule has 0 radical (unpaired) electrons. The summed E-state index contributed by atoms with van der Waals surface area (Å²) in [5.41, 5.74) is 1.89. The van der Waals surface area contributed by atoms with E-state index in [0.717, 1.165) is 34.5 Å². The summed E-state index contributed by atoms with van der Waals surface area (Å²) in [6.45, 7) is 3.36. The van der Waals surface area contributed by atoms with Gasteiger partial charge < -0.3 is 9.30 Å². The van der Waals surface area contributed by atoms with Crippen molar-refractivity contribution in [2.75, 3.05) is 17.3 Å². The minimum absolute atomic E-state index is 0.0447. The Labute approximate surface area is 180 Å². The Hall–Kier alpha value is -2.80. The zero-order chi connectivity index (χ0) is 20.5. The van der Waals surface area contributed by atoms with Gasteiger partial charge in [-0.15, -0.1) is 10.2 Å². The van der Waals surface area contributed by atoms with Crippen LogP contribution in [0.2, 0.25) is 0 Å². The van der Waals surface area contributed by atoms with Crippen LogP contribution >= 0.6 is 11.8 Å². The van der Waals surface area contributed by atoms with Crippen molar-refractivity contribution in [3.8, 4) is 5.75 Å². The molecule has 1 aromatic heterocycles. The lowest BCUT2D eigenvalue weighted by molar-refractivity contribution is -0.117. The van der Waals surface area contributed by atoms with E-state index in [9.17, 15) is 4.79 Å². The van der Waals surface area contributed by atoms with Crippen LogP contribution in [0.25, 0.3) is 0 Å². The molecule has 1 atom stereocenters. The van der Waals surface area contributed by atoms with Gasteiger partial charge in [0.1, 0.15) is 18.2 Å². The minimum Gasteiger partial charge on any atom is -0.489 e. The van der Waals surface area contributed by atoms with Gasteiger partial charge in [-0.1, -0.05) is 54.2 Å². The Morgan fingerprint density at radius 1 is 1.10 bits per heavy atom. The molecule has 5 rings (SSSR count). The van der Waals surface area contributed by atoms with E-state index in [2.05, 4.69) is 21.7 Å². The molecule has 2 heterocycles. The Kier molecular flexibility index (Phi) is 5.21. The van der Waals surface area contributed by atoms with Crippen LogP contribution in [0.5, 0.6) is 5.75 Å². The molecule has 0 spiro atoms. The number of hydrogen-bond acceptors (Lipinski definition) is 5. The predicted octanol–water partition coefficient (Wildman–Crippen LogP) is 4.43. The second kappa shape index (κ2) is 8.14. The number of benzene rings is 2. The lowest BCUT2D eigenvalue weighted by Crippen LogP contribution is -2.42. The van der Waals surface area contributed by atoms with Crippen molar-refractivity contribution in [3.05, 3.63) is 66.0 Å². The number of nitrogens with zero attached hydrogens (tertiary/aromatic N) is 4. The monoisotopic (exact) mass is 420 g/mol. The summed E-state index contributed by atoms with van der Waals surface area (Å²) in [6.07, 6.45) is 2.37. The van der Waals surface area contributed by atoms with Crippen molar-refractivity contribution >= 4 is 23.4 Å². The lowest BCUT2D eigenvalue weighted by atomic mass is 10.0. The second-order valence-electron chi connectivity index (χ2n) is 7.62. The van der Waals surface area contributed by atoms with Gasteiger partial charge >= 0.3 is 0 Å². The van der Waals surface area contributed by atoms with Gasteiger partial charge in [-0.2, -0.15) is 0 Å². The van der Waals surface area contributed by atoms with Crippen LogP contribution in [0.15, 0.2) is 59.8 Å². The maximum atomic E-state index is 13.5. The van der Waals surface area contributed by atoms with Gasteiger partial charge in [-0.3, -0.25) is 9.69 Å². The SMILES string of the molecule is CCn1c(SCC(=O)N2c3ccccc3OCC2c2ccccc2)nnc1C1CC1. The van der Waals surface area contributed by atoms with Crippen molar-refractivity contribution in [2.45, 2.75) is 43.4 Å². The molecule has 0 bridgehead atoms. The second-order valence-corrected chi connectivity index (χ2v) is 8.56. The largest absolute Gasteiger partial charge is 0.489 e. The number of ether oxygens (including phenoxy) is 1. The van der Waals surface area contributed by atoms with Gasteiger partial charge in [0.25, 0.3) is 0 Å². The number of thioether (sulfide) groups is 1. The highest BCUT2D eigenvalue weighted by Crippen LogP contribution is 2.41. The van der Waals surface area contributed by atoms with Gasteiger partial charge in [0.15, 0.2) is 5.16 Å². The Balaban J connectivity index is 1.40. The first-order chi connectivity index (χ1) is 14.8. The zero-order valence-electron chi connectivity index (χ0n) is 16.9. The quantitative estimate of drug-likeness (QED) is 0.552. The molecular weight excluding hydrogens is 396 g/mol. The maximum Gasteiger partial charge on any atom is 0.238 e. The van der Waals surface area contributed by atoms with Crippen molar-refractivity contribution in [1.29, 1.82) is 0 Å². The van der Waals surface area contributed by atoms with Gasteiger partial charge in [0.05, 0.1) is 17.5 Å². The Morgan fingerprint density at radius 3 is 2.63 bits per heavy atom. The molecule has 6 nitrogen and oxygen atoms in total. The summed E-state index contributed by atoms with van der Waals surface area (Å²) in [4.78, 5) is 15.3. The fourth-order valence-electron chi connectivity index (χ4n) is 3.96. The standard InChI is InChI=1S/C23H24N4O2S/c1-2-26-22(17-12-13-17)24-25-23(26)30-15-21(28)27-18-10-6-7-11-20(18)29-14-19(27)16-8-4-3-5-9-16/h3-11,17,19H,2,12-15H2,1H3. The number of amides is 1. The number of carbonyl (C=O) groups excluding carboxylic acids is 1. The highest BCUT2D eigenvalue weighted by Gasteiger charge is 2.34. The van der Waals surface area contributed by atoms with Crippen molar-refractivity contribution < 1.29 is 9.53 Å². The normalized spacial score (nSPS) is 18.0. The van der Waals surface area contributed by atoms with E-state index in [4.69, 9.17) is 4.74 Å². The van der Waals surface area contributed by atoms with Crippen LogP contribution in [-0.4, -0.2) is 33.0 Å². The highest BCUT2D eigenvalue weighted by atomic mass is 32.2. The van der Waals surface area contributed by atoms with Crippen LogP contribution in [0.3, 0.4) is 0 Å². The molecule has 1 aliphatic carbocycles. The Morgan fingerprint density at radius 2 is 1.87 bits per heavy atom. The maximum absolute atomic E-state index is 13.5. The fraction of sp³-hybridized carbons (Fsp3) is 0.348. The molecule has 1 aliphatic heterocycles. The smallest absolute Gasteiger partial charge is 0.238 e. The van der Waals surface area contributed by atoms with Crippen molar-refractivity contribution in [3.63, 3.8) is 0 Å². The molecule has 7 heteroatoms. The first kappa shape index (κ1) is 19.2. The fourth-order valence-corrected chi connectivity index (χ4v) is 4.83. The molecular formula is C23H24N4O2S. The summed E-state index contributed by atoms with van der Waals surface area (Å²) in [5, 5.41) is 9.58. The number of hydrogen-bond donors (Lipinski definition) is 0. The van der Waals surface area contributed by atoms with Crippen LogP contribution in [0, 0.1) is 0 Å². The summed E-state index contributed by atoms with van der Waals surface area (Å²) in [7, 11) is 0. The third kappa shape index (κ3) is 3.58. The average Bonchev–Trinajstić information content (AvgIpc) is 3.56. The lowest BCUT2D eigenvalue weighted by Gasteiger charge is -2.37. The number of para-hydroxylation sites is 2. The predicted molar refractivity (Wildman–Crippen MR) is 117 cm³/mol. The number of fused-ring (bicyclic) bond motifs is 1. The number of anilines is 1. The number of rotatable bonds is 6. The average molecular weight is 421 g/mol. The third-order valence-corrected chi connectivity index (χ3v) is 6.57. The van der Waals surface area contributed by atoms with E-state index >= 15 is 0 Å². The molecule has 2 aliphatic rings. The van der Waals surface area contributed by atoms with Crippen molar-refractivity contribution in [2.24, 2.45) is 0 Å². The third-order valence-electron chi connectivity index (χ3n) is 5.62. The molecule has 0 N–H and O–H groups in total. The van der Waals surface area contributed by atoms with Crippen LogP contribution in [0.4, 0.5) is 5.69 Å². The van der Waals surface area contributed by atoms with Crippen LogP contribution < -0.4 is 9.64 Å². The van der Waals surface area contributed by atoms with E-state index < -0.39 is 0 Å². The topological polar surface area (TPSA) is 60.2 Å². The van der Waals surface area contributed by atoms with E-state index in [0.29, 0.717) is 18.3 Å². The summed E-state index contributed by atoms with van der Waals surface area (Å²) in [5.74, 6) is 2.70. The van der Waals surface area contributed by atoms with E-state index in [-0.39, 0.29) is 11.9 Å². The molecule has 3 aromatic rings. The van der Waals surface area contributed by atoms with Gasteiger partial charge in [-0.05, 0) is 37.5 Å². The van der Waals surface area contributed by atoms with Gasteiger partial charge in [0.2, 0.25) is 5.91 Å². The van der Waals surface area contributed by atoms with E-state index in [1.165, 1.54) is 24.6 Å². The molecule has 1 amide bonds. The molecule has 154 valence electrons. The first-order valence-corrected chi connectivity index (χ1v) is 11.4. The number of aromatic nitrogens is 3. The van der Waals surface area contributed by atoms with Gasteiger partial charge in [-0.25, -0.2) is 0 Å². The molecule has 2 aromatic carbocycles. The first-order valence-electron chi connectivity index (χ1n) is 10.4. The van der Waals surface area contributed by atoms with Crippen LogP contribution in [-0.2, 0) is 11.3 Å². The molecule has 1 saturated carbocycles. The number of carbonyl (C=O) groups is 1. The van der Waals surface area contributed by atoms with Gasteiger partial charge in [0, 0.05) is 12.5 Å². The van der Waals surface area contributed by atoms with Crippen molar-refractivity contribution in [1.82, 2.24) is 14.8 Å². The molecule has 30 heavy (non-hydrogen) atoms. The molecule has 1 fully saturated rings. The summed E-state index contributed by atoms with van der Waals surface area (Å²) >= 11 is 1.47. The van der Waals surface area contributed by atoms with E-state index in [1.807, 2.05) is 59.5 Å². The molecule has 0 saturated heterocycles. The van der Waals surface area contributed by atoms with Crippen LogP contribution in [0.1, 0.15) is 43.1 Å². The zero-order valence-corrected chi connectivity index (χ0v) is 17.7.